The van der Waals surface area contributed by atoms with E-state index in [2.05, 4.69) is 298 Å². The van der Waals surface area contributed by atoms with Gasteiger partial charge in [-0.1, -0.05) is 182 Å². The van der Waals surface area contributed by atoms with Crippen LogP contribution in [0.1, 0.15) is 166 Å². The number of benzene rings is 6. The molecule has 7 fully saturated rings. The molecule has 3 heterocycles. The lowest BCUT2D eigenvalue weighted by molar-refractivity contribution is -0.660. The zero-order chi connectivity index (χ0) is 63.1. The fraction of sp³-hybridized carbons (Fsp3) is 0.400. The molecule has 7 aliphatic carbocycles. The highest BCUT2D eigenvalue weighted by atomic mass is 14.9. The van der Waals surface area contributed by atoms with Gasteiger partial charge in [0.15, 0.2) is 18.6 Å². The van der Waals surface area contributed by atoms with Gasteiger partial charge in [0.1, 0.15) is 21.1 Å². The first-order valence-corrected chi connectivity index (χ1v) is 33.5. The zero-order valence-electron chi connectivity index (χ0n) is 57.1. The molecule has 7 atom stereocenters. The van der Waals surface area contributed by atoms with Gasteiger partial charge in [-0.15, -0.1) is 0 Å². The summed E-state index contributed by atoms with van der Waals surface area (Å²) < 4.78 is 25.5. The summed E-state index contributed by atoms with van der Waals surface area (Å²) in [4.78, 5) is 0. The van der Waals surface area contributed by atoms with Crippen molar-refractivity contribution in [2.75, 3.05) is 0 Å². The summed E-state index contributed by atoms with van der Waals surface area (Å²) >= 11 is 0. The second-order valence-electron chi connectivity index (χ2n) is 29.5. The Morgan fingerprint density at radius 3 is 1.18 bits per heavy atom. The fourth-order valence-corrected chi connectivity index (χ4v) is 18.1. The molecule has 9 aromatic rings. The number of hydrogen-bond acceptors (Lipinski definition) is 0. The molecule has 3 aromatic heterocycles. The fourth-order valence-electron chi connectivity index (χ4n) is 18.1. The third kappa shape index (κ3) is 10.7. The molecule has 0 radical (unpaired) electrons. The first-order chi connectivity index (χ1) is 43.0. The van der Waals surface area contributed by atoms with Gasteiger partial charge in [-0.2, -0.15) is 0 Å². The second-order valence-corrected chi connectivity index (χ2v) is 29.5. The van der Waals surface area contributed by atoms with E-state index in [1.807, 2.05) is 0 Å². The molecule has 7 unspecified atom stereocenters. The van der Waals surface area contributed by atoms with E-state index in [4.69, 9.17) is 0 Å². The van der Waals surface area contributed by atoms with Gasteiger partial charge in [0.25, 0.3) is 0 Å². The number of pyridine rings is 3. The van der Waals surface area contributed by atoms with Crippen molar-refractivity contribution in [2.24, 2.45) is 66.5 Å². The Morgan fingerprint density at radius 1 is 0.375 bits per heavy atom. The van der Waals surface area contributed by atoms with Gasteiger partial charge >= 0.3 is 0 Å². The first kappa shape index (κ1) is 57.2. The maximum Gasteiger partial charge on any atom is 0.212 e. The molecule has 7 saturated carbocycles. The first-order valence-electron chi connectivity index (χ1n) is 34.5. The highest BCUT2D eigenvalue weighted by Crippen LogP contribution is 2.72. The lowest BCUT2D eigenvalue weighted by atomic mass is 9.63. The van der Waals surface area contributed by atoms with E-state index in [0.717, 1.165) is 24.7 Å². The summed E-state index contributed by atoms with van der Waals surface area (Å²) in [5, 5.41) is 0. The standard InChI is InChI=1S/2C29H34N.C27H30N/c2*1-20-8-6-7-9-25(20)27-15-14-23(19-30(27)5)21-10-12-22(13-11-21)26-18-24-16-17-29(26,4)28(24,2)3;1-19-6-3-4-9-25(19)27-15-14-24(18-28(27)2)22-7-5-8-23(17-22)26-16-20-10-12-21(26)13-11-20/h2*6-15,19,24,26H,16-18H2,1-5H3;3-9,14-15,17-18,20-21,26H,10-13,16H2,1-2H3/q3*+1/i26D;;26D. The van der Waals surface area contributed by atoms with Crippen LogP contribution in [0.2, 0.25) is 0 Å². The number of nitrogens with zero attached hydrogens (tertiary/aromatic N) is 3. The third-order valence-electron chi connectivity index (χ3n) is 24.6. The maximum absolute atomic E-state index is 9.51. The molecule has 0 N–H and O–H groups in total. The Hall–Kier alpha value is -7.23. The molecule has 0 aliphatic heterocycles. The van der Waals surface area contributed by atoms with Crippen molar-refractivity contribution >= 4 is 0 Å². The molecular formula is C85H98N3+3. The van der Waals surface area contributed by atoms with Crippen molar-refractivity contribution in [1.82, 2.24) is 0 Å². The Morgan fingerprint density at radius 2 is 0.795 bits per heavy atom. The predicted octanol–water partition coefficient (Wildman–Crippen LogP) is 20.6. The van der Waals surface area contributed by atoms with Crippen molar-refractivity contribution in [3.8, 4) is 67.2 Å². The van der Waals surface area contributed by atoms with Crippen LogP contribution in [0.15, 0.2) is 201 Å². The number of rotatable bonds is 9. The van der Waals surface area contributed by atoms with Crippen molar-refractivity contribution in [1.29, 1.82) is 0 Å². The summed E-state index contributed by atoms with van der Waals surface area (Å²) in [6.07, 6.45) is 20.5. The minimum atomic E-state index is -0.475. The third-order valence-corrected chi connectivity index (χ3v) is 24.6. The average Bonchev–Trinajstić information content (AvgIpc) is 1.53. The summed E-state index contributed by atoms with van der Waals surface area (Å²) in [5.41, 5.74) is 24.1. The van der Waals surface area contributed by atoms with Crippen LogP contribution in [-0.4, -0.2) is 0 Å². The number of aryl methyl sites for hydroxylation is 6. The van der Waals surface area contributed by atoms with Crippen LogP contribution < -0.4 is 13.7 Å². The molecule has 16 rings (SSSR count). The molecule has 3 heteroatoms. The lowest BCUT2D eigenvalue weighted by Crippen LogP contribution is -2.31. The summed E-state index contributed by atoms with van der Waals surface area (Å²) in [5.74, 6) is 2.69. The molecular weight excluding hydrogens is 1060 g/mol. The van der Waals surface area contributed by atoms with Crippen molar-refractivity contribution in [2.45, 2.75) is 151 Å². The molecule has 6 bridgehead atoms. The minimum Gasteiger partial charge on any atom is -0.200 e. The molecule has 6 aromatic carbocycles. The van der Waals surface area contributed by atoms with Gasteiger partial charge in [-0.25, -0.2) is 13.7 Å². The van der Waals surface area contributed by atoms with Crippen molar-refractivity contribution in [3.63, 3.8) is 0 Å². The van der Waals surface area contributed by atoms with Crippen LogP contribution in [0.5, 0.6) is 0 Å². The summed E-state index contributed by atoms with van der Waals surface area (Å²) in [6.45, 7) is 21.2. The smallest absolute Gasteiger partial charge is 0.200 e. The monoisotopic (exact) mass is 1160 g/mol. The lowest BCUT2D eigenvalue weighted by Gasteiger charge is -2.42. The SMILES string of the molecule is Cc1ccccc1-c1ccc(-c2ccc(C3CC4CCC3(C)C4(C)C)cc2)c[n+]1C.[2H]C1(c2ccc(-c3ccc(-c4ccccc4C)[n+](C)c3)cc2)CC2CCC1(C)C2(C)C.[2H]C1(c2cccc(-c3ccc(-c4ccccc4C)[n+](C)c3)c2)CC2CCC1CC2. The summed E-state index contributed by atoms with van der Waals surface area (Å²) in [6, 6.07) is 66.3. The van der Waals surface area contributed by atoms with Gasteiger partial charge in [-0.05, 0) is 228 Å². The van der Waals surface area contributed by atoms with Gasteiger partial charge in [0, 0.05) is 54.3 Å². The quantitative estimate of drug-likeness (QED) is 0.128. The Kier molecular flexibility index (Phi) is 15.4. The molecule has 0 spiro atoms. The van der Waals surface area contributed by atoms with E-state index in [-0.39, 0.29) is 16.7 Å². The minimum absolute atomic E-state index is 0.0494. The van der Waals surface area contributed by atoms with Gasteiger partial charge in [0.05, 0.1) is 0 Å². The molecule has 7 aliphatic rings. The van der Waals surface area contributed by atoms with Gasteiger partial charge in [0.2, 0.25) is 17.1 Å². The maximum atomic E-state index is 9.51. The number of aromatic nitrogens is 3. The molecule has 0 amide bonds. The van der Waals surface area contributed by atoms with Gasteiger partial charge in [-0.3, -0.25) is 0 Å². The van der Waals surface area contributed by atoms with Crippen LogP contribution >= 0.6 is 0 Å². The Balaban J connectivity index is 0.000000124. The van der Waals surface area contributed by atoms with E-state index in [9.17, 15) is 2.74 Å². The molecule has 450 valence electrons. The molecule has 0 saturated heterocycles. The van der Waals surface area contributed by atoms with E-state index in [1.54, 1.807) is 0 Å². The van der Waals surface area contributed by atoms with E-state index < -0.39 is 5.89 Å². The molecule has 3 nitrogen and oxygen atoms in total. The van der Waals surface area contributed by atoms with Crippen LogP contribution in [0, 0.1) is 66.1 Å². The predicted molar refractivity (Wildman–Crippen MR) is 366 cm³/mol. The van der Waals surface area contributed by atoms with Crippen LogP contribution in [0.4, 0.5) is 0 Å². The second kappa shape index (κ2) is 23.6. The van der Waals surface area contributed by atoms with E-state index >= 15 is 0 Å². The van der Waals surface area contributed by atoms with Crippen LogP contribution in [-0.2, 0) is 21.1 Å². The van der Waals surface area contributed by atoms with Crippen LogP contribution in [0.3, 0.4) is 0 Å². The largest absolute Gasteiger partial charge is 0.212 e. The Labute approximate surface area is 531 Å². The van der Waals surface area contributed by atoms with Crippen molar-refractivity contribution < 1.29 is 16.4 Å². The summed E-state index contributed by atoms with van der Waals surface area (Å²) in [7, 11) is 6.40. The highest BCUT2D eigenvalue weighted by molar-refractivity contribution is 5.69. The number of hydrogen-bond donors (Lipinski definition) is 0. The highest BCUT2D eigenvalue weighted by Gasteiger charge is 2.62. The normalized spacial score (nSPS) is 27.8. The van der Waals surface area contributed by atoms with E-state index in [0.29, 0.717) is 28.6 Å². The number of fused-ring (bicyclic) bond motifs is 7. The topological polar surface area (TPSA) is 11.6 Å². The van der Waals surface area contributed by atoms with Crippen molar-refractivity contribution in [3.05, 3.63) is 234 Å². The zero-order valence-corrected chi connectivity index (χ0v) is 55.1. The molecule has 88 heavy (non-hydrogen) atoms. The Bertz CT molecular complexity index is 4130. The van der Waals surface area contributed by atoms with E-state index in [1.165, 1.54) is 158 Å². The average molecular weight is 1160 g/mol. The van der Waals surface area contributed by atoms with Gasteiger partial charge < -0.3 is 0 Å². The van der Waals surface area contributed by atoms with Crippen LogP contribution in [0.25, 0.3) is 67.2 Å².